The molecule has 1 aliphatic heterocycles. The number of carbonyl (C=O) groups excluding carboxylic acids is 1. The highest BCUT2D eigenvalue weighted by molar-refractivity contribution is 5.95. The van der Waals surface area contributed by atoms with Crippen molar-refractivity contribution in [3.05, 3.63) is 53.2 Å². The van der Waals surface area contributed by atoms with E-state index in [-0.39, 0.29) is 5.91 Å². The standard InChI is InChI=1S/C19H25N3O2/c1-14-11-20-8-5-18(14)19(23)21-12-16-6-9-22(10-7-16)13-17-4-3-15(2)24-17/h3-5,8,11,16H,6-7,9-10,12-13H2,1-2H3,(H,21,23). The highest BCUT2D eigenvalue weighted by Crippen LogP contribution is 2.19. The second-order valence-corrected chi connectivity index (χ2v) is 6.63. The predicted octanol–water partition coefficient (Wildman–Crippen LogP) is 2.93. The number of hydrogen-bond acceptors (Lipinski definition) is 4. The number of hydrogen-bond donors (Lipinski definition) is 1. The van der Waals surface area contributed by atoms with Gasteiger partial charge in [0.05, 0.1) is 6.54 Å². The van der Waals surface area contributed by atoms with Crippen LogP contribution in [-0.4, -0.2) is 35.4 Å². The van der Waals surface area contributed by atoms with Crippen molar-refractivity contribution in [2.45, 2.75) is 33.2 Å². The molecule has 0 saturated carbocycles. The van der Waals surface area contributed by atoms with E-state index in [4.69, 9.17) is 4.42 Å². The average molecular weight is 327 g/mol. The van der Waals surface area contributed by atoms with Gasteiger partial charge in [-0.05, 0) is 69.5 Å². The number of nitrogens with zero attached hydrogens (tertiary/aromatic N) is 2. The lowest BCUT2D eigenvalue weighted by atomic mass is 9.96. The molecule has 0 aromatic carbocycles. The van der Waals surface area contributed by atoms with Gasteiger partial charge in [-0.25, -0.2) is 0 Å². The fraction of sp³-hybridized carbons (Fsp3) is 0.474. The number of furan rings is 1. The summed E-state index contributed by atoms with van der Waals surface area (Å²) in [6.45, 7) is 7.61. The molecule has 0 unspecified atom stereocenters. The zero-order valence-corrected chi connectivity index (χ0v) is 14.4. The van der Waals surface area contributed by atoms with E-state index >= 15 is 0 Å². The van der Waals surface area contributed by atoms with E-state index in [1.165, 1.54) is 0 Å². The normalized spacial score (nSPS) is 16.2. The summed E-state index contributed by atoms with van der Waals surface area (Å²) in [7, 11) is 0. The highest BCUT2D eigenvalue weighted by atomic mass is 16.3. The molecule has 5 nitrogen and oxygen atoms in total. The molecule has 1 saturated heterocycles. The first-order chi connectivity index (χ1) is 11.6. The lowest BCUT2D eigenvalue weighted by Crippen LogP contribution is -2.38. The SMILES string of the molecule is Cc1ccc(CN2CCC(CNC(=O)c3ccncc3C)CC2)o1. The zero-order valence-electron chi connectivity index (χ0n) is 14.4. The van der Waals surface area contributed by atoms with E-state index in [1.807, 2.05) is 19.9 Å². The molecule has 1 amide bonds. The van der Waals surface area contributed by atoms with Crippen molar-refractivity contribution >= 4 is 5.91 Å². The Morgan fingerprint density at radius 3 is 2.75 bits per heavy atom. The third-order valence-electron chi connectivity index (χ3n) is 4.70. The average Bonchev–Trinajstić information content (AvgIpc) is 2.99. The first kappa shape index (κ1) is 16.7. The van der Waals surface area contributed by atoms with Crippen molar-refractivity contribution in [1.82, 2.24) is 15.2 Å². The Morgan fingerprint density at radius 1 is 1.29 bits per heavy atom. The van der Waals surface area contributed by atoms with E-state index in [0.29, 0.717) is 5.92 Å². The Labute approximate surface area is 143 Å². The maximum atomic E-state index is 12.3. The molecule has 3 rings (SSSR count). The van der Waals surface area contributed by atoms with E-state index in [1.54, 1.807) is 18.5 Å². The molecule has 128 valence electrons. The fourth-order valence-electron chi connectivity index (χ4n) is 3.20. The van der Waals surface area contributed by atoms with Crippen LogP contribution in [0.25, 0.3) is 0 Å². The fourth-order valence-corrected chi connectivity index (χ4v) is 3.20. The summed E-state index contributed by atoms with van der Waals surface area (Å²) < 4.78 is 5.65. The Hall–Kier alpha value is -2.14. The summed E-state index contributed by atoms with van der Waals surface area (Å²) in [5, 5.41) is 3.07. The summed E-state index contributed by atoms with van der Waals surface area (Å²) in [4.78, 5) is 18.7. The van der Waals surface area contributed by atoms with Crippen LogP contribution in [0.2, 0.25) is 0 Å². The van der Waals surface area contributed by atoms with Crippen molar-refractivity contribution in [3.63, 3.8) is 0 Å². The Morgan fingerprint density at radius 2 is 2.08 bits per heavy atom. The maximum Gasteiger partial charge on any atom is 0.251 e. The first-order valence-electron chi connectivity index (χ1n) is 8.58. The molecule has 0 spiro atoms. The number of rotatable bonds is 5. The van der Waals surface area contributed by atoms with Gasteiger partial charge in [0.25, 0.3) is 5.91 Å². The molecule has 5 heteroatoms. The third kappa shape index (κ3) is 4.23. The minimum Gasteiger partial charge on any atom is -0.465 e. The smallest absolute Gasteiger partial charge is 0.251 e. The molecule has 0 bridgehead atoms. The Balaban J connectivity index is 1.42. The summed E-state index contributed by atoms with van der Waals surface area (Å²) in [5.74, 6) is 2.55. The number of pyridine rings is 1. The van der Waals surface area contributed by atoms with E-state index in [2.05, 4.69) is 21.3 Å². The Bertz CT molecular complexity index is 687. The third-order valence-corrected chi connectivity index (χ3v) is 4.70. The van der Waals surface area contributed by atoms with Gasteiger partial charge >= 0.3 is 0 Å². The van der Waals surface area contributed by atoms with Crippen LogP contribution in [0.1, 0.15) is 40.3 Å². The van der Waals surface area contributed by atoms with Gasteiger partial charge in [-0.15, -0.1) is 0 Å². The van der Waals surface area contributed by atoms with Gasteiger partial charge in [0.2, 0.25) is 0 Å². The predicted molar refractivity (Wildman–Crippen MR) is 92.8 cm³/mol. The zero-order chi connectivity index (χ0) is 16.9. The van der Waals surface area contributed by atoms with Crippen LogP contribution in [0.4, 0.5) is 0 Å². The molecule has 2 aromatic rings. The summed E-state index contributed by atoms with van der Waals surface area (Å²) >= 11 is 0. The molecule has 0 aliphatic carbocycles. The number of nitrogens with one attached hydrogen (secondary N) is 1. The maximum absolute atomic E-state index is 12.3. The lowest BCUT2D eigenvalue weighted by Gasteiger charge is -2.31. The molecule has 1 N–H and O–H groups in total. The first-order valence-corrected chi connectivity index (χ1v) is 8.58. The molecule has 0 atom stereocenters. The van der Waals surface area contributed by atoms with Crippen LogP contribution >= 0.6 is 0 Å². The molecular weight excluding hydrogens is 302 g/mol. The van der Waals surface area contributed by atoms with Gasteiger partial charge in [0.1, 0.15) is 11.5 Å². The van der Waals surface area contributed by atoms with Gasteiger partial charge in [0.15, 0.2) is 0 Å². The molecule has 2 aromatic heterocycles. The molecular formula is C19H25N3O2. The monoisotopic (exact) mass is 327 g/mol. The van der Waals surface area contributed by atoms with E-state index in [9.17, 15) is 4.79 Å². The largest absolute Gasteiger partial charge is 0.465 e. The van der Waals surface area contributed by atoms with Crippen molar-refractivity contribution in [3.8, 4) is 0 Å². The van der Waals surface area contributed by atoms with Gasteiger partial charge in [-0.2, -0.15) is 0 Å². The lowest BCUT2D eigenvalue weighted by molar-refractivity contribution is 0.0933. The minimum absolute atomic E-state index is 0.00314. The van der Waals surface area contributed by atoms with Crippen LogP contribution < -0.4 is 5.32 Å². The van der Waals surface area contributed by atoms with Crippen LogP contribution in [0.15, 0.2) is 35.0 Å². The number of aryl methyl sites for hydroxylation is 2. The molecule has 24 heavy (non-hydrogen) atoms. The van der Waals surface area contributed by atoms with Gasteiger partial charge < -0.3 is 9.73 Å². The van der Waals surface area contributed by atoms with Gasteiger partial charge in [-0.3, -0.25) is 14.7 Å². The van der Waals surface area contributed by atoms with Crippen molar-refractivity contribution < 1.29 is 9.21 Å². The molecule has 1 fully saturated rings. The molecule has 3 heterocycles. The van der Waals surface area contributed by atoms with Crippen molar-refractivity contribution in [1.29, 1.82) is 0 Å². The minimum atomic E-state index is 0.00314. The van der Waals surface area contributed by atoms with E-state index in [0.717, 1.165) is 61.7 Å². The number of piperidine rings is 1. The Kier molecular flexibility index (Phi) is 5.30. The number of aromatic nitrogens is 1. The second-order valence-electron chi connectivity index (χ2n) is 6.63. The van der Waals surface area contributed by atoms with Crippen molar-refractivity contribution in [2.75, 3.05) is 19.6 Å². The number of amides is 1. The topological polar surface area (TPSA) is 58.4 Å². The van der Waals surface area contributed by atoms with Crippen LogP contribution in [0, 0.1) is 19.8 Å². The van der Waals surface area contributed by atoms with Crippen molar-refractivity contribution in [2.24, 2.45) is 5.92 Å². The summed E-state index contributed by atoms with van der Waals surface area (Å²) in [5.41, 5.74) is 1.63. The summed E-state index contributed by atoms with van der Waals surface area (Å²) in [6, 6.07) is 5.84. The second kappa shape index (κ2) is 7.62. The van der Waals surface area contributed by atoms with Gasteiger partial charge in [0, 0.05) is 24.5 Å². The molecule has 0 radical (unpaired) electrons. The van der Waals surface area contributed by atoms with Crippen LogP contribution in [0.5, 0.6) is 0 Å². The quantitative estimate of drug-likeness (QED) is 0.917. The highest BCUT2D eigenvalue weighted by Gasteiger charge is 2.21. The number of carbonyl (C=O) groups is 1. The van der Waals surface area contributed by atoms with Crippen LogP contribution in [0.3, 0.4) is 0 Å². The van der Waals surface area contributed by atoms with Gasteiger partial charge in [-0.1, -0.05) is 0 Å². The number of likely N-dealkylation sites (tertiary alicyclic amines) is 1. The summed E-state index contributed by atoms with van der Waals surface area (Å²) in [6.07, 6.45) is 5.60. The van der Waals surface area contributed by atoms with Crippen LogP contribution in [-0.2, 0) is 6.54 Å². The van der Waals surface area contributed by atoms with E-state index < -0.39 is 0 Å². The molecule has 1 aliphatic rings.